The highest BCUT2D eigenvalue weighted by molar-refractivity contribution is 5.75. The zero-order valence-electron chi connectivity index (χ0n) is 21.9. The number of carbonyl (C=O) groups excluding carboxylic acids is 1. The van der Waals surface area contributed by atoms with Gasteiger partial charge in [-0.15, -0.1) is 0 Å². The molecule has 0 aromatic heterocycles. The Bertz CT molecular complexity index is 906. The molecule has 37 heavy (non-hydrogen) atoms. The number of carbonyl (C=O) groups is 1. The van der Waals surface area contributed by atoms with Gasteiger partial charge in [-0.1, -0.05) is 64.7 Å². The van der Waals surface area contributed by atoms with Crippen molar-refractivity contribution in [2.45, 2.75) is 109 Å². The van der Waals surface area contributed by atoms with Gasteiger partial charge in [0.25, 0.3) is 0 Å². The number of fused-ring (bicyclic) bond motifs is 1. The summed E-state index contributed by atoms with van der Waals surface area (Å²) in [6.45, 7) is 2.25. The fraction of sp³-hybridized carbons (Fsp3) is 0.767. The molecule has 3 aliphatic carbocycles. The lowest BCUT2D eigenvalue weighted by molar-refractivity contribution is -0.144. The van der Waals surface area contributed by atoms with E-state index in [0.29, 0.717) is 30.4 Å². The van der Waals surface area contributed by atoms with Crippen LogP contribution in [0.5, 0.6) is 5.75 Å². The molecule has 4 atom stereocenters. The van der Waals surface area contributed by atoms with Gasteiger partial charge in [-0.25, -0.2) is 4.39 Å². The van der Waals surface area contributed by atoms with E-state index in [9.17, 15) is 26.7 Å². The first-order chi connectivity index (χ1) is 17.7. The molecule has 3 aliphatic rings. The molecule has 0 heterocycles. The molecule has 0 radical (unpaired) electrons. The Morgan fingerprint density at radius 2 is 1.59 bits per heavy atom. The molecule has 208 valence electrons. The molecule has 0 aliphatic heterocycles. The summed E-state index contributed by atoms with van der Waals surface area (Å²) in [5.41, 5.74) is -1.70. The van der Waals surface area contributed by atoms with Crippen LogP contribution in [-0.4, -0.2) is 5.97 Å². The minimum absolute atomic E-state index is 0.148. The molecule has 0 N–H and O–H groups in total. The summed E-state index contributed by atoms with van der Waals surface area (Å²) in [4.78, 5) is 13.0. The lowest BCUT2D eigenvalue weighted by Crippen LogP contribution is -2.40. The molecule has 4 unspecified atom stereocenters. The Morgan fingerprint density at radius 1 is 0.865 bits per heavy atom. The first kappa shape index (κ1) is 28.4. The van der Waals surface area contributed by atoms with Crippen molar-refractivity contribution >= 4 is 5.97 Å². The normalized spacial score (nSPS) is 30.5. The summed E-state index contributed by atoms with van der Waals surface area (Å²) in [7, 11) is 0. The van der Waals surface area contributed by atoms with Gasteiger partial charge in [0, 0.05) is 0 Å². The first-order valence-electron chi connectivity index (χ1n) is 14.5. The summed E-state index contributed by atoms with van der Waals surface area (Å²) >= 11 is 0. The second-order valence-corrected chi connectivity index (χ2v) is 11.8. The highest BCUT2D eigenvalue weighted by atomic mass is 19.4. The topological polar surface area (TPSA) is 26.3 Å². The highest BCUT2D eigenvalue weighted by Crippen LogP contribution is 2.50. The summed E-state index contributed by atoms with van der Waals surface area (Å²) in [5, 5.41) is 0. The molecular weight excluding hydrogens is 487 g/mol. The third-order valence-corrected chi connectivity index (χ3v) is 9.58. The van der Waals surface area contributed by atoms with E-state index in [4.69, 9.17) is 4.74 Å². The molecule has 0 bridgehead atoms. The van der Waals surface area contributed by atoms with Crippen LogP contribution in [0.3, 0.4) is 0 Å². The standard InChI is InChI=1S/C30H41F5O2/c1-2-3-4-5-7-19-10-12-20(13-11-19)21-14-15-23-22(18-21)8-6-9-24(23)29(36)37-26-17-16-25(30(33,34)35)27(31)28(26)32/h16-17,19-24H,2-15,18H2,1H3. The molecule has 3 fully saturated rings. The van der Waals surface area contributed by atoms with Crippen LogP contribution in [0.2, 0.25) is 0 Å². The van der Waals surface area contributed by atoms with Gasteiger partial charge in [0.05, 0.1) is 11.5 Å². The Morgan fingerprint density at radius 3 is 2.30 bits per heavy atom. The molecule has 0 amide bonds. The zero-order valence-corrected chi connectivity index (χ0v) is 21.9. The third kappa shape index (κ3) is 6.86. The zero-order chi connectivity index (χ0) is 26.6. The van der Waals surface area contributed by atoms with Gasteiger partial charge in [-0.3, -0.25) is 4.79 Å². The fourth-order valence-electron chi connectivity index (χ4n) is 7.54. The maximum Gasteiger partial charge on any atom is 0.419 e. The second kappa shape index (κ2) is 12.5. The van der Waals surface area contributed by atoms with Gasteiger partial charge in [-0.05, 0) is 80.2 Å². The van der Waals surface area contributed by atoms with Crippen LogP contribution in [0, 0.1) is 47.1 Å². The van der Waals surface area contributed by atoms with Crippen LogP contribution in [0.15, 0.2) is 12.1 Å². The highest BCUT2D eigenvalue weighted by Gasteiger charge is 2.44. The Balaban J connectivity index is 1.30. The van der Waals surface area contributed by atoms with Crippen molar-refractivity contribution in [3.05, 3.63) is 29.3 Å². The molecular formula is C30H41F5O2. The predicted octanol–water partition coefficient (Wildman–Crippen LogP) is 9.50. The van der Waals surface area contributed by atoms with Crippen molar-refractivity contribution in [3.63, 3.8) is 0 Å². The second-order valence-electron chi connectivity index (χ2n) is 11.8. The maximum absolute atomic E-state index is 14.3. The van der Waals surface area contributed by atoms with Crippen LogP contribution < -0.4 is 4.74 Å². The average molecular weight is 529 g/mol. The SMILES string of the molecule is CCCCCCC1CCC(C2CCC3C(CCCC3C(=O)Oc3ccc(C(F)(F)F)c(F)c3F)C2)CC1. The van der Waals surface area contributed by atoms with Crippen molar-refractivity contribution in [1.29, 1.82) is 0 Å². The van der Waals surface area contributed by atoms with E-state index in [-0.39, 0.29) is 5.92 Å². The first-order valence-corrected chi connectivity index (χ1v) is 14.5. The maximum atomic E-state index is 14.3. The molecule has 0 saturated heterocycles. The third-order valence-electron chi connectivity index (χ3n) is 9.58. The van der Waals surface area contributed by atoms with Gasteiger partial charge in [0.15, 0.2) is 11.6 Å². The Hall–Kier alpha value is -1.66. The largest absolute Gasteiger partial charge is 0.423 e. The number of unbranched alkanes of at least 4 members (excludes halogenated alkanes) is 3. The van der Waals surface area contributed by atoms with E-state index in [2.05, 4.69) is 6.92 Å². The number of esters is 1. The van der Waals surface area contributed by atoms with Gasteiger partial charge < -0.3 is 4.74 Å². The van der Waals surface area contributed by atoms with Gasteiger partial charge in [0.2, 0.25) is 5.82 Å². The lowest BCUT2D eigenvalue weighted by Gasteiger charge is -2.46. The van der Waals surface area contributed by atoms with Crippen molar-refractivity contribution in [2.75, 3.05) is 0 Å². The fourth-order valence-corrected chi connectivity index (χ4v) is 7.54. The van der Waals surface area contributed by atoms with Crippen molar-refractivity contribution in [2.24, 2.45) is 35.5 Å². The number of alkyl halides is 3. The van der Waals surface area contributed by atoms with Crippen LogP contribution >= 0.6 is 0 Å². The van der Waals surface area contributed by atoms with E-state index < -0.39 is 41.0 Å². The molecule has 0 spiro atoms. The van der Waals surface area contributed by atoms with Gasteiger partial charge in [-0.2, -0.15) is 17.6 Å². The monoisotopic (exact) mass is 528 g/mol. The number of hydrogen-bond donors (Lipinski definition) is 0. The quantitative estimate of drug-likeness (QED) is 0.145. The van der Waals surface area contributed by atoms with Crippen LogP contribution in [-0.2, 0) is 11.0 Å². The molecule has 3 saturated carbocycles. The van der Waals surface area contributed by atoms with E-state index in [1.807, 2.05) is 0 Å². The van der Waals surface area contributed by atoms with Gasteiger partial charge in [0.1, 0.15) is 0 Å². The minimum atomic E-state index is -5.02. The smallest absolute Gasteiger partial charge is 0.419 e. The number of ether oxygens (including phenoxy) is 1. The molecule has 4 rings (SSSR count). The Kier molecular flexibility index (Phi) is 9.55. The minimum Gasteiger partial charge on any atom is -0.423 e. The van der Waals surface area contributed by atoms with Crippen molar-refractivity contribution < 1.29 is 31.5 Å². The Labute approximate surface area is 217 Å². The van der Waals surface area contributed by atoms with Crippen LogP contribution in [0.25, 0.3) is 0 Å². The summed E-state index contributed by atoms with van der Waals surface area (Å²) < 4.78 is 72.0. The molecule has 1 aromatic rings. The van der Waals surface area contributed by atoms with E-state index >= 15 is 0 Å². The van der Waals surface area contributed by atoms with E-state index in [1.54, 1.807) is 0 Å². The van der Waals surface area contributed by atoms with Crippen molar-refractivity contribution in [3.8, 4) is 5.75 Å². The van der Waals surface area contributed by atoms with Crippen LogP contribution in [0.1, 0.15) is 109 Å². The van der Waals surface area contributed by atoms with Crippen LogP contribution in [0.4, 0.5) is 22.0 Å². The van der Waals surface area contributed by atoms with E-state index in [0.717, 1.165) is 43.9 Å². The molecule has 1 aromatic carbocycles. The van der Waals surface area contributed by atoms with Gasteiger partial charge >= 0.3 is 12.1 Å². The summed E-state index contributed by atoms with van der Waals surface area (Å²) in [6.07, 6.45) is 12.7. The van der Waals surface area contributed by atoms with E-state index in [1.165, 1.54) is 57.8 Å². The number of rotatable bonds is 8. The lowest BCUT2D eigenvalue weighted by atomic mass is 9.59. The number of halogens is 5. The number of benzene rings is 1. The molecule has 7 heteroatoms. The average Bonchev–Trinajstić information content (AvgIpc) is 2.88. The summed E-state index contributed by atoms with van der Waals surface area (Å²) in [5.74, 6) is -2.70. The van der Waals surface area contributed by atoms with Crippen molar-refractivity contribution in [1.82, 2.24) is 0 Å². The predicted molar refractivity (Wildman–Crippen MR) is 133 cm³/mol. The molecule has 2 nitrogen and oxygen atoms in total. The summed E-state index contributed by atoms with van der Waals surface area (Å²) in [6, 6.07) is 1.13. The number of hydrogen-bond acceptors (Lipinski definition) is 2.